The summed E-state index contributed by atoms with van der Waals surface area (Å²) in [7, 11) is -2.97. The molecule has 3 heterocycles. The van der Waals surface area contributed by atoms with Crippen molar-refractivity contribution in [3.05, 3.63) is 28.6 Å². The SMILES string of the molecule is O=C(Cc1csc(-c2cccs2)n1)NC1CCS(=O)(=O)C1. The van der Waals surface area contributed by atoms with E-state index in [1.165, 1.54) is 11.3 Å². The van der Waals surface area contributed by atoms with Crippen LogP contribution in [0.4, 0.5) is 0 Å². The lowest BCUT2D eigenvalue weighted by molar-refractivity contribution is -0.121. The number of amides is 1. The van der Waals surface area contributed by atoms with E-state index in [1.807, 2.05) is 22.9 Å². The molecule has 1 aliphatic heterocycles. The van der Waals surface area contributed by atoms with Gasteiger partial charge in [0.05, 0.1) is 28.5 Å². The van der Waals surface area contributed by atoms with Crippen molar-refractivity contribution in [3.63, 3.8) is 0 Å². The number of aromatic nitrogens is 1. The summed E-state index contributed by atoms with van der Waals surface area (Å²) in [6.07, 6.45) is 0.698. The molecule has 8 heteroatoms. The molecule has 21 heavy (non-hydrogen) atoms. The Morgan fingerprint density at radius 3 is 2.95 bits per heavy atom. The predicted molar refractivity (Wildman–Crippen MR) is 84.3 cm³/mol. The Morgan fingerprint density at radius 1 is 1.43 bits per heavy atom. The minimum Gasteiger partial charge on any atom is -0.352 e. The van der Waals surface area contributed by atoms with Gasteiger partial charge in [-0.3, -0.25) is 4.79 Å². The zero-order chi connectivity index (χ0) is 14.9. The molecular formula is C13H14N2O3S3. The summed E-state index contributed by atoms with van der Waals surface area (Å²) in [5.74, 6) is 0.0492. The van der Waals surface area contributed by atoms with Crippen molar-refractivity contribution in [2.45, 2.75) is 18.9 Å². The summed E-state index contributed by atoms with van der Waals surface area (Å²) in [4.78, 5) is 17.5. The Kier molecular flexibility index (Phi) is 4.10. The molecule has 5 nitrogen and oxygen atoms in total. The molecule has 1 fully saturated rings. The molecule has 2 aromatic rings. The lowest BCUT2D eigenvalue weighted by Gasteiger charge is -2.09. The fourth-order valence-corrected chi connectivity index (χ4v) is 5.56. The molecule has 1 atom stereocenters. The van der Waals surface area contributed by atoms with Gasteiger partial charge in [0.15, 0.2) is 9.84 Å². The van der Waals surface area contributed by atoms with Crippen LogP contribution in [0.2, 0.25) is 0 Å². The first-order valence-corrected chi connectivity index (χ1v) is 10.1. The molecule has 3 rings (SSSR count). The van der Waals surface area contributed by atoms with Gasteiger partial charge in [-0.1, -0.05) is 6.07 Å². The van der Waals surface area contributed by atoms with E-state index < -0.39 is 9.84 Å². The van der Waals surface area contributed by atoms with Crippen LogP contribution in [0.15, 0.2) is 22.9 Å². The van der Waals surface area contributed by atoms with Crippen LogP contribution in [0.5, 0.6) is 0 Å². The maximum atomic E-state index is 11.9. The average Bonchev–Trinajstić information content (AvgIpc) is 3.09. The number of nitrogens with one attached hydrogen (secondary N) is 1. The summed E-state index contributed by atoms with van der Waals surface area (Å²) in [5.41, 5.74) is 0.724. The molecule has 1 unspecified atom stereocenters. The summed E-state index contributed by atoms with van der Waals surface area (Å²) in [6, 6.07) is 3.71. The minimum absolute atomic E-state index is 0.0518. The quantitative estimate of drug-likeness (QED) is 0.918. The van der Waals surface area contributed by atoms with E-state index in [-0.39, 0.29) is 29.9 Å². The maximum absolute atomic E-state index is 11.9. The Balaban J connectivity index is 1.58. The van der Waals surface area contributed by atoms with Crippen LogP contribution in [0, 0.1) is 0 Å². The van der Waals surface area contributed by atoms with E-state index in [2.05, 4.69) is 10.3 Å². The minimum atomic E-state index is -2.97. The van der Waals surface area contributed by atoms with Crippen molar-refractivity contribution in [1.29, 1.82) is 0 Å². The maximum Gasteiger partial charge on any atom is 0.226 e. The van der Waals surface area contributed by atoms with Gasteiger partial charge in [-0.05, 0) is 17.9 Å². The van der Waals surface area contributed by atoms with Gasteiger partial charge in [0.25, 0.3) is 0 Å². The molecule has 1 N–H and O–H groups in total. The number of carbonyl (C=O) groups is 1. The van der Waals surface area contributed by atoms with Gasteiger partial charge in [0, 0.05) is 11.4 Å². The number of hydrogen-bond acceptors (Lipinski definition) is 6. The number of nitrogens with zero attached hydrogens (tertiary/aromatic N) is 1. The standard InChI is InChI=1S/C13H14N2O3S3/c16-12(14-9-3-5-21(17,18)8-9)6-10-7-20-13(15-10)11-2-1-4-19-11/h1-2,4,7,9H,3,5-6,8H2,(H,14,16). The number of rotatable bonds is 4. The average molecular weight is 342 g/mol. The zero-order valence-electron chi connectivity index (χ0n) is 11.1. The van der Waals surface area contributed by atoms with Gasteiger partial charge in [-0.25, -0.2) is 13.4 Å². The topological polar surface area (TPSA) is 76.1 Å². The highest BCUT2D eigenvalue weighted by molar-refractivity contribution is 7.91. The van der Waals surface area contributed by atoms with Crippen LogP contribution in [-0.2, 0) is 21.1 Å². The fourth-order valence-electron chi connectivity index (χ4n) is 2.25. The van der Waals surface area contributed by atoms with Gasteiger partial charge in [0.1, 0.15) is 5.01 Å². The monoisotopic (exact) mass is 342 g/mol. The normalized spacial score (nSPS) is 20.5. The molecule has 112 valence electrons. The highest BCUT2D eigenvalue weighted by atomic mass is 32.2. The van der Waals surface area contributed by atoms with Gasteiger partial charge in [-0.2, -0.15) is 0 Å². The van der Waals surface area contributed by atoms with Crippen LogP contribution in [0.1, 0.15) is 12.1 Å². The predicted octanol–water partition coefficient (Wildman–Crippen LogP) is 1.72. The molecule has 1 amide bonds. The van der Waals surface area contributed by atoms with Gasteiger partial charge in [-0.15, -0.1) is 22.7 Å². The molecule has 1 saturated heterocycles. The molecule has 0 saturated carbocycles. The molecule has 0 aromatic carbocycles. The molecule has 1 aliphatic rings. The zero-order valence-corrected chi connectivity index (χ0v) is 13.6. The molecule has 0 aliphatic carbocycles. The molecular weight excluding hydrogens is 328 g/mol. The second-order valence-corrected chi connectivity index (χ2v) is 9.00. The lowest BCUT2D eigenvalue weighted by atomic mass is 10.2. The highest BCUT2D eigenvalue weighted by Gasteiger charge is 2.28. The third-order valence-corrected chi connectivity index (χ3v) is 6.92. The van der Waals surface area contributed by atoms with Gasteiger partial charge >= 0.3 is 0 Å². The van der Waals surface area contributed by atoms with E-state index in [9.17, 15) is 13.2 Å². The van der Waals surface area contributed by atoms with Crippen molar-refractivity contribution >= 4 is 38.4 Å². The lowest BCUT2D eigenvalue weighted by Crippen LogP contribution is -2.36. The second kappa shape index (κ2) is 5.86. The van der Waals surface area contributed by atoms with E-state index in [1.54, 1.807) is 11.3 Å². The van der Waals surface area contributed by atoms with Crippen molar-refractivity contribution in [1.82, 2.24) is 10.3 Å². The summed E-state index contributed by atoms with van der Waals surface area (Å²) >= 11 is 3.13. The van der Waals surface area contributed by atoms with Crippen molar-refractivity contribution in [3.8, 4) is 9.88 Å². The summed E-state index contributed by atoms with van der Waals surface area (Å²) in [5, 5.41) is 7.55. The van der Waals surface area contributed by atoms with E-state index in [4.69, 9.17) is 0 Å². The van der Waals surface area contributed by atoms with E-state index in [0.29, 0.717) is 6.42 Å². The first kappa shape index (κ1) is 14.7. The van der Waals surface area contributed by atoms with Crippen molar-refractivity contribution < 1.29 is 13.2 Å². The Bertz CT molecular complexity index is 735. The summed E-state index contributed by atoms with van der Waals surface area (Å²) in [6.45, 7) is 0. The third-order valence-electron chi connectivity index (χ3n) is 3.22. The number of hydrogen-bond donors (Lipinski definition) is 1. The second-order valence-electron chi connectivity index (χ2n) is 4.97. The Labute approximate surface area is 131 Å². The number of carbonyl (C=O) groups excluding carboxylic acids is 1. The molecule has 0 spiro atoms. The smallest absolute Gasteiger partial charge is 0.226 e. The first-order valence-electron chi connectivity index (χ1n) is 6.50. The summed E-state index contributed by atoms with van der Waals surface area (Å²) < 4.78 is 22.7. The van der Waals surface area contributed by atoms with E-state index in [0.717, 1.165) is 15.6 Å². The third kappa shape index (κ3) is 3.69. The Morgan fingerprint density at radius 2 is 2.29 bits per heavy atom. The van der Waals surface area contributed by atoms with Crippen LogP contribution < -0.4 is 5.32 Å². The van der Waals surface area contributed by atoms with E-state index >= 15 is 0 Å². The number of thiazole rings is 1. The van der Waals surface area contributed by atoms with Crippen LogP contribution >= 0.6 is 22.7 Å². The number of sulfone groups is 1. The van der Waals surface area contributed by atoms with Crippen LogP contribution in [0.25, 0.3) is 9.88 Å². The van der Waals surface area contributed by atoms with Gasteiger partial charge in [0.2, 0.25) is 5.91 Å². The number of thiophene rings is 1. The Hall–Kier alpha value is -1.25. The molecule has 2 aromatic heterocycles. The largest absolute Gasteiger partial charge is 0.352 e. The molecule has 0 radical (unpaired) electrons. The van der Waals surface area contributed by atoms with Crippen molar-refractivity contribution in [2.24, 2.45) is 0 Å². The molecule has 0 bridgehead atoms. The van der Waals surface area contributed by atoms with Crippen LogP contribution in [-0.4, -0.2) is 36.9 Å². The first-order chi connectivity index (χ1) is 10.0. The van der Waals surface area contributed by atoms with Crippen molar-refractivity contribution in [2.75, 3.05) is 11.5 Å². The van der Waals surface area contributed by atoms with Crippen LogP contribution in [0.3, 0.4) is 0 Å². The van der Waals surface area contributed by atoms with Gasteiger partial charge < -0.3 is 5.32 Å². The highest BCUT2D eigenvalue weighted by Crippen LogP contribution is 2.27. The fraction of sp³-hybridized carbons (Fsp3) is 0.385.